The largest absolute Gasteiger partial charge is 0.391 e. The Balaban J connectivity index is 1.29. The van der Waals surface area contributed by atoms with E-state index in [2.05, 4.69) is 26.4 Å². The average molecular weight is 559 g/mol. The molecule has 0 spiro atoms. The Morgan fingerprint density at radius 1 is 1.15 bits per heavy atom. The van der Waals surface area contributed by atoms with E-state index in [0.29, 0.717) is 6.54 Å². The second-order valence-electron chi connectivity index (χ2n) is 10.7. The molecule has 0 aliphatic carbocycles. The number of hydrogen-bond donors (Lipinski definition) is 2. The number of rotatable bonds is 8. The van der Waals surface area contributed by atoms with Crippen molar-refractivity contribution in [3.63, 3.8) is 0 Å². The van der Waals surface area contributed by atoms with E-state index >= 15 is 0 Å². The first-order valence-electron chi connectivity index (χ1n) is 13.4. The third-order valence-corrected chi connectivity index (χ3v) is 8.41. The molecular weight excluding hydrogens is 524 g/mol. The highest BCUT2D eigenvalue weighted by Crippen LogP contribution is 2.30. The fraction of sp³-hybridized carbons (Fsp3) is 0.367. The van der Waals surface area contributed by atoms with Gasteiger partial charge in [0.15, 0.2) is 0 Å². The first-order valence-corrected chi connectivity index (χ1v) is 14.3. The number of thiazole rings is 1. The molecular formula is C30H34N6O3S. The number of carbonyl (C=O) groups is 2. The summed E-state index contributed by atoms with van der Waals surface area (Å²) < 4.78 is 1.66. The number of aliphatic hydroxyl groups excluding tert-OH is 1. The van der Waals surface area contributed by atoms with Crippen LogP contribution in [0.3, 0.4) is 0 Å². The maximum Gasteiger partial charge on any atom is 0.248 e. The van der Waals surface area contributed by atoms with Crippen molar-refractivity contribution in [1.82, 2.24) is 30.0 Å². The van der Waals surface area contributed by atoms with E-state index in [1.54, 1.807) is 34.6 Å². The smallest absolute Gasteiger partial charge is 0.248 e. The predicted octanol–water partition coefficient (Wildman–Crippen LogP) is 4.16. The van der Waals surface area contributed by atoms with Crippen LogP contribution in [0.25, 0.3) is 21.6 Å². The van der Waals surface area contributed by atoms with Gasteiger partial charge in [-0.25, -0.2) is 4.98 Å². The first kappa shape index (κ1) is 27.7. The van der Waals surface area contributed by atoms with E-state index in [0.717, 1.165) is 38.4 Å². The number of likely N-dealkylation sites (tertiary alicyclic amines) is 1. The summed E-state index contributed by atoms with van der Waals surface area (Å²) in [5.41, 5.74) is 7.76. The molecule has 0 unspecified atom stereocenters. The number of aliphatic hydroxyl groups is 1. The molecule has 4 heterocycles. The SMILES string of the molecule is Cc1cc(-c2scnc2C)ccc1CNC(=O)[C@@H]1C[C@@H](O)CN1C(=O)[C@H](C(C)C)n1cc(-c2cccnc2)cn1. The van der Waals surface area contributed by atoms with E-state index in [1.807, 2.05) is 63.7 Å². The molecule has 1 saturated heterocycles. The van der Waals surface area contributed by atoms with Gasteiger partial charge in [-0.3, -0.25) is 19.3 Å². The van der Waals surface area contributed by atoms with Crippen LogP contribution < -0.4 is 5.32 Å². The summed E-state index contributed by atoms with van der Waals surface area (Å²) in [6, 6.07) is 8.59. The van der Waals surface area contributed by atoms with Crippen LogP contribution in [0.4, 0.5) is 0 Å². The number of pyridine rings is 1. The van der Waals surface area contributed by atoms with Gasteiger partial charge in [0.25, 0.3) is 0 Å². The van der Waals surface area contributed by atoms with Gasteiger partial charge in [0, 0.05) is 49.2 Å². The zero-order valence-corrected chi connectivity index (χ0v) is 23.9. The summed E-state index contributed by atoms with van der Waals surface area (Å²) in [6.07, 6.45) is 6.44. The van der Waals surface area contributed by atoms with Crippen molar-refractivity contribution in [2.45, 2.75) is 58.8 Å². The van der Waals surface area contributed by atoms with Gasteiger partial charge in [-0.1, -0.05) is 38.1 Å². The molecule has 5 rings (SSSR count). The molecule has 2 amide bonds. The van der Waals surface area contributed by atoms with E-state index in [9.17, 15) is 14.7 Å². The molecule has 3 atom stereocenters. The highest BCUT2D eigenvalue weighted by Gasteiger charge is 2.42. The summed E-state index contributed by atoms with van der Waals surface area (Å²) >= 11 is 1.61. The molecule has 208 valence electrons. The lowest BCUT2D eigenvalue weighted by atomic mass is 10.0. The lowest BCUT2D eigenvalue weighted by Crippen LogP contribution is -2.49. The van der Waals surface area contributed by atoms with Gasteiger partial charge >= 0.3 is 0 Å². The average Bonchev–Trinajstić information content (AvgIpc) is 3.68. The molecule has 4 aromatic rings. The van der Waals surface area contributed by atoms with Crippen LogP contribution >= 0.6 is 11.3 Å². The summed E-state index contributed by atoms with van der Waals surface area (Å²) in [7, 11) is 0. The number of hydrogen-bond acceptors (Lipinski definition) is 7. The standard InChI is InChI=1S/C30H34N6O3S/c1-18(2)27(36-15-24(14-34-36)23-6-5-9-31-12-23)30(39)35-16-25(37)11-26(35)29(38)32-13-22-8-7-21(10-19(22)3)28-20(4)33-17-40-28/h5-10,12,14-15,17-18,25-27,37H,11,13,16H2,1-4H3,(H,32,38)/t25-,26+,27+/m1/s1. The summed E-state index contributed by atoms with van der Waals surface area (Å²) in [4.78, 5) is 38.4. The molecule has 1 aliphatic heterocycles. The Hall–Kier alpha value is -3.89. The van der Waals surface area contributed by atoms with Crippen molar-refractivity contribution < 1.29 is 14.7 Å². The lowest BCUT2D eigenvalue weighted by molar-refractivity contribution is -0.142. The van der Waals surface area contributed by atoms with Crippen molar-refractivity contribution >= 4 is 23.2 Å². The van der Waals surface area contributed by atoms with Crippen LogP contribution in [0.1, 0.15) is 43.1 Å². The Kier molecular flexibility index (Phi) is 8.09. The second-order valence-corrected chi connectivity index (χ2v) is 11.5. The van der Waals surface area contributed by atoms with Crippen LogP contribution in [0.5, 0.6) is 0 Å². The highest BCUT2D eigenvalue weighted by molar-refractivity contribution is 7.13. The van der Waals surface area contributed by atoms with Crippen molar-refractivity contribution in [1.29, 1.82) is 0 Å². The Morgan fingerprint density at radius 3 is 2.65 bits per heavy atom. The molecule has 0 saturated carbocycles. The van der Waals surface area contributed by atoms with Crippen molar-refractivity contribution in [2.24, 2.45) is 5.92 Å². The van der Waals surface area contributed by atoms with Crippen LogP contribution in [0, 0.1) is 19.8 Å². The molecule has 9 nitrogen and oxygen atoms in total. The first-order chi connectivity index (χ1) is 19.2. The number of aromatic nitrogens is 4. The van der Waals surface area contributed by atoms with Gasteiger partial charge in [0.05, 0.1) is 28.4 Å². The van der Waals surface area contributed by atoms with Gasteiger partial charge in [-0.2, -0.15) is 5.10 Å². The topological polar surface area (TPSA) is 113 Å². The van der Waals surface area contributed by atoms with Gasteiger partial charge in [0.1, 0.15) is 12.1 Å². The van der Waals surface area contributed by atoms with Crippen LogP contribution in [0.2, 0.25) is 0 Å². The Bertz CT molecular complexity index is 1500. The number of amides is 2. The van der Waals surface area contributed by atoms with E-state index in [1.165, 1.54) is 4.90 Å². The minimum Gasteiger partial charge on any atom is -0.391 e. The third kappa shape index (κ3) is 5.68. The molecule has 2 N–H and O–H groups in total. The molecule has 3 aromatic heterocycles. The lowest BCUT2D eigenvalue weighted by Gasteiger charge is -2.30. The summed E-state index contributed by atoms with van der Waals surface area (Å²) in [5, 5.41) is 18.0. The maximum atomic E-state index is 13.9. The highest BCUT2D eigenvalue weighted by atomic mass is 32.1. The molecule has 1 fully saturated rings. The van der Waals surface area contributed by atoms with Crippen LogP contribution in [-0.4, -0.2) is 60.3 Å². The van der Waals surface area contributed by atoms with E-state index < -0.39 is 18.2 Å². The fourth-order valence-electron chi connectivity index (χ4n) is 5.27. The monoisotopic (exact) mass is 558 g/mol. The van der Waals surface area contributed by atoms with Gasteiger partial charge < -0.3 is 15.3 Å². The molecule has 1 aliphatic rings. The molecule has 0 radical (unpaired) electrons. The van der Waals surface area contributed by atoms with Gasteiger partial charge in [0.2, 0.25) is 11.8 Å². The van der Waals surface area contributed by atoms with Crippen LogP contribution in [-0.2, 0) is 16.1 Å². The molecule has 40 heavy (non-hydrogen) atoms. The number of nitrogens with zero attached hydrogens (tertiary/aromatic N) is 5. The normalized spacial score (nSPS) is 17.8. The number of β-amino-alcohol motifs (C(OH)–C–C–N with tert-alkyl or cyclic N) is 1. The Morgan fingerprint density at radius 2 is 1.98 bits per heavy atom. The van der Waals surface area contributed by atoms with E-state index in [4.69, 9.17) is 0 Å². The van der Waals surface area contributed by atoms with Crippen molar-refractivity contribution in [3.8, 4) is 21.6 Å². The number of benzene rings is 1. The van der Waals surface area contributed by atoms with Gasteiger partial charge in [-0.15, -0.1) is 11.3 Å². The molecule has 0 bridgehead atoms. The second kappa shape index (κ2) is 11.7. The summed E-state index contributed by atoms with van der Waals surface area (Å²) in [6.45, 7) is 8.37. The predicted molar refractivity (Wildman–Crippen MR) is 154 cm³/mol. The Labute approximate surface area is 237 Å². The third-order valence-electron chi connectivity index (χ3n) is 7.43. The zero-order chi connectivity index (χ0) is 28.4. The zero-order valence-electron chi connectivity index (χ0n) is 23.1. The summed E-state index contributed by atoms with van der Waals surface area (Å²) in [5.74, 6) is -0.586. The quantitative estimate of drug-likeness (QED) is 0.336. The fourth-order valence-corrected chi connectivity index (χ4v) is 6.07. The van der Waals surface area contributed by atoms with E-state index in [-0.39, 0.29) is 30.7 Å². The molecule has 10 heteroatoms. The number of carbonyl (C=O) groups excluding carboxylic acids is 2. The van der Waals surface area contributed by atoms with Crippen molar-refractivity contribution in [3.05, 3.63) is 77.5 Å². The number of nitrogens with one attached hydrogen (secondary N) is 1. The minimum atomic E-state index is -0.764. The molecule has 1 aromatic carbocycles. The van der Waals surface area contributed by atoms with Gasteiger partial charge in [-0.05, 0) is 42.5 Å². The van der Waals surface area contributed by atoms with Crippen LogP contribution in [0.15, 0.2) is 60.6 Å². The van der Waals surface area contributed by atoms with Crippen molar-refractivity contribution in [2.75, 3.05) is 6.54 Å². The minimum absolute atomic E-state index is 0.0843. The maximum absolute atomic E-state index is 13.9. The number of aryl methyl sites for hydroxylation is 2.